The summed E-state index contributed by atoms with van der Waals surface area (Å²) in [7, 11) is 1.43. The number of aryl methyl sites for hydroxylation is 1. The Bertz CT molecular complexity index is 1150. The molecule has 7 heteroatoms. The zero-order valence-electron chi connectivity index (χ0n) is 15.6. The summed E-state index contributed by atoms with van der Waals surface area (Å²) in [4.78, 5) is 0. The van der Waals surface area contributed by atoms with Gasteiger partial charge >= 0.3 is 0 Å². The van der Waals surface area contributed by atoms with Gasteiger partial charge in [0.25, 0.3) is 0 Å². The van der Waals surface area contributed by atoms with Crippen molar-refractivity contribution in [1.82, 2.24) is 0 Å². The number of nitrogens with one attached hydrogen (secondary N) is 1. The monoisotopic (exact) mass is 391 g/mol. The molecule has 0 aliphatic heterocycles. The fraction of sp³-hybridized carbons (Fsp3) is 0.0909. The minimum atomic E-state index is -1.14. The number of hydrogen-bond acceptors (Lipinski definition) is 5. The summed E-state index contributed by atoms with van der Waals surface area (Å²) in [5.74, 6) is -2.16. The highest BCUT2D eigenvalue weighted by molar-refractivity contribution is 5.75. The third kappa shape index (κ3) is 3.80. The van der Waals surface area contributed by atoms with E-state index in [4.69, 9.17) is 9.47 Å². The second-order valence-corrected chi connectivity index (χ2v) is 6.05. The van der Waals surface area contributed by atoms with E-state index in [0.717, 1.165) is 5.56 Å². The maximum Gasteiger partial charge on any atom is 0.190 e. The highest BCUT2D eigenvalue weighted by Crippen LogP contribution is 2.41. The first-order valence-electron chi connectivity index (χ1n) is 8.49. The lowest BCUT2D eigenvalue weighted by atomic mass is 10.0. The molecule has 0 amide bonds. The first-order chi connectivity index (χ1) is 14.0. The van der Waals surface area contributed by atoms with E-state index in [2.05, 4.69) is 5.32 Å². The molecule has 0 saturated carbocycles. The van der Waals surface area contributed by atoms with Crippen LogP contribution in [-0.4, -0.2) is 7.11 Å². The maximum absolute atomic E-state index is 15.1. The van der Waals surface area contributed by atoms with Crippen LogP contribution in [0.2, 0.25) is 0 Å². The maximum atomic E-state index is 15.1. The summed E-state index contributed by atoms with van der Waals surface area (Å²) >= 11 is 0. The average Bonchev–Trinajstić information content (AvgIpc) is 2.74. The largest absolute Gasteiger partial charge is 0.495 e. The van der Waals surface area contributed by atoms with Gasteiger partial charge in [0.2, 0.25) is 0 Å². The van der Waals surface area contributed by atoms with Gasteiger partial charge in [0.15, 0.2) is 17.4 Å². The van der Waals surface area contributed by atoms with Gasteiger partial charge in [-0.3, -0.25) is 0 Å². The van der Waals surface area contributed by atoms with Crippen LogP contribution in [0.25, 0.3) is 0 Å². The van der Waals surface area contributed by atoms with E-state index in [-0.39, 0.29) is 5.75 Å². The van der Waals surface area contributed by atoms with E-state index >= 15 is 8.78 Å². The van der Waals surface area contributed by atoms with E-state index in [1.54, 1.807) is 54.6 Å². The summed E-state index contributed by atoms with van der Waals surface area (Å²) < 4.78 is 41.0. The molecule has 0 saturated heterocycles. The van der Waals surface area contributed by atoms with Crippen molar-refractivity contribution in [2.45, 2.75) is 6.92 Å². The van der Waals surface area contributed by atoms with E-state index in [9.17, 15) is 10.5 Å². The number of benzene rings is 3. The molecule has 0 aliphatic rings. The molecule has 0 atom stereocenters. The van der Waals surface area contributed by atoms with Gasteiger partial charge in [-0.15, -0.1) is 0 Å². The predicted octanol–water partition coefficient (Wildman–Crippen LogP) is 5.56. The van der Waals surface area contributed by atoms with Gasteiger partial charge in [0.05, 0.1) is 12.8 Å². The van der Waals surface area contributed by atoms with Crippen LogP contribution in [-0.2, 0) is 0 Å². The lowest BCUT2D eigenvalue weighted by Crippen LogP contribution is -2.06. The van der Waals surface area contributed by atoms with Crippen LogP contribution in [0.1, 0.15) is 16.7 Å². The zero-order chi connectivity index (χ0) is 21.0. The van der Waals surface area contributed by atoms with Gasteiger partial charge in [0, 0.05) is 0 Å². The third-order valence-corrected chi connectivity index (χ3v) is 4.17. The third-order valence-electron chi connectivity index (χ3n) is 4.17. The quantitative estimate of drug-likeness (QED) is 0.616. The normalized spacial score (nSPS) is 10.0. The van der Waals surface area contributed by atoms with Gasteiger partial charge < -0.3 is 14.8 Å². The smallest absolute Gasteiger partial charge is 0.190 e. The average molecular weight is 391 g/mol. The van der Waals surface area contributed by atoms with Crippen molar-refractivity contribution in [2.24, 2.45) is 0 Å². The molecule has 3 aromatic carbocycles. The number of nitriles is 2. The van der Waals surface area contributed by atoms with Crippen LogP contribution >= 0.6 is 0 Å². The van der Waals surface area contributed by atoms with Crippen LogP contribution < -0.4 is 14.8 Å². The van der Waals surface area contributed by atoms with Gasteiger partial charge in [-0.2, -0.15) is 10.5 Å². The Labute approximate surface area is 166 Å². The summed E-state index contributed by atoms with van der Waals surface area (Å²) in [6.45, 7) is 1.87. The van der Waals surface area contributed by atoms with Crippen molar-refractivity contribution < 1.29 is 18.3 Å². The number of nitrogens with zero attached hydrogens (tertiary/aromatic N) is 2. The Morgan fingerprint density at radius 2 is 1.52 bits per heavy atom. The Morgan fingerprint density at radius 3 is 2.14 bits per heavy atom. The van der Waals surface area contributed by atoms with Crippen molar-refractivity contribution in [3.8, 4) is 29.4 Å². The van der Waals surface area contributed by atoms with Crippen molar-refractivity contribution in [2.75, 3.05) is 12.4 Å². The highest BCUT2D eigenvalue weighted by Gasteiger charge is 2.27. The molecule has 0 spiro atoms. The van der Waals surface area contributed by atoms with Crippen LogP contribution in [0.3, 0.4) is 0 Å². The molecular formula is C22H15F2N3O2. The summed E-state index contributed by atoms with van der Waals surface area (Å²) in [6.07, 6.45) is 0. The number of rotatable bonds is 5. The second kappa shape index (κ2) is 8.28. The van der Waals surface area contributed by atoms with Crippen LogP contribution in [0.5, 0.6) is 17.2 Å². The van der Waals surface area contributed by atoms with Gasteiger partial charge in [-0.25, -0.2) is 8.78 Å². The SMILES string of the molecule is COc1ccccc1Nc1c(F)c(C#N)c(C#N)c(F)c1Oc1ccc(C)cc1. The van der Waals surface area contributed by atoms with Crippen LogP contribution in [0, 0.1) is 41.2 Å². The standard InChI is InChI=1S/C22H15F2N3O2/c1-13-7-9-14(10-8-13)29-22-20(24)16(12-26)15(11-25)19(23)21(22)27-17-5-3-4-6-18(17)28-2/h3-10,27H,1-2H3. The number of anilines is 2. The van der Waals surface area contributed by atoms with Gasteiger partial charge in [-0.1, -0.05) is 29.8 Å². The van der Waals surface area contributed by atoms with Gasteiger partial charge in [-0.05, 0) is 31.2 Å². The molecular weight excluding hydrogens is 376 g/mol. The van der Waals surface area contributed by atoms with Gasteiger partial charge in [0.1, 0.15) is 40.5 Å². The molecule has 0 aliphatic carbocycles. The molecule has 29 heavy (non-hydrogen) atoms. The topological polar surface area (TPSA) is 78.1 Å². The number of hydrogen-bond donors (Lipinski definition) is 1. The number of methoxy groups -OCH3 is 1. The molecule has 0 unspecified atom stereocenters. The fourth-order valence-electron chi connectivity index (χ4n) is 2.69. The van der Waals surface area contributed by atoms with Crippen LogP contribution in [0.15, 0.2) is 48.5 Å². The van der Waals surface area contributed by atoms with E-state index in [1.165, 1.54) is 13.2 Å². The molecule has 0 aromatic heterocycles. The number of halogens is 2. The number of ether oxygens (including phenoxy) is 2. The van der Waals surface area contributed by atoms with E-state index < -0.39 is 34.2 Å². The summed E-state index contributed by atoms with van der Waals surface area (Å²) in [5, 5.41) is 21.2. The molecule has 0 heterocycles. The van der Waals surface area contributed by atoms with Crippen molar-refractivity contribution in [1.29, 1.82) is 10.5 Å². The first-order valence-corrected chi connectivity index (χ1v) is 8.49. The zero-order valence-corrected chi connectivity index (χ0v) is 15.6. The summed E-state index contributed by atoms with van der Waals surface area (Å²) in [5.41, 5.74) is -0.566. The predicted molar refractivity (Wildman–Crippen MR) is 103 cm³/mol. The Kier molecular flexibility index (Phi) is 5.61. The van der Waals surface area contributed by atoms with Crippen molar-refractivity contribution in [3.05, 3.63) is 76.9 Å². The molecule has 0 fully saturated rings. The van der Waals surface area contributed by atoms with E-state index in [0.29, 0.717) is 11.4 Å². The van der Waals surface area contributed by atoms with Crippen molar-refractivity contribution in [3.63, 3.8) is 0 Å². The van der Waals surface area contributed by atoms with E-state index in [1.807, 2.05) is 6.92 Å². The van der Waals surface area contributed by atoms with Crippen molar-refractivity contribution >= 4 is 11.4 Å². The lowest BCUT2D eigenvalue weighted by Gasteiger charge is -2.18. The summed E-state index contributed by atoms with van der Waals surface area (Å²) in [6, 6.07) is 16.3. The Morgan fingerprint density at radius 1 is 0.897 bits per heavy atom. The minimum Gasteiger partial charge on any atom is -0.495 e. The molecule has 1 N–H and O–H groups in total. The molecule has 3 rings (SSSR count). The Balaban J connectivity index is 2.21. The minimum absolute atomic E-state index is 0.241. The molecule has 3 aromatic rings. The fourth-order valence-corrected chi connectivity index (χ4v) is 2.69. The highest BCUT2D eigenvalue weighted by atomic mass is 19.1. The van der Waals surface area contributed by atoms with Crippen LogP contribution in [0.4, 0.5) is 20.2 Å². The Hall–Kier alpha value is -4.10. The molecule has 5 nitrogen and oxygen atoms in total. The first kappa shape index (κ1) is 19.7. The lowest BCUT2D eigenvalue weighted by molar-refractivity contribution is 0.416. The second-order valence-electron chi connectivity index (χ2n) is 6.05. The molecule has 144 valence electrons. The number of para-hydroxylation sites is 2. The molecule has 0 bridgehead atoms. The molecule has 0 radical (unpaired) electrons.